The molecule has 2 aromatic rings. The zero-order valence-electron chi connectivity index (χ0n) is 10.0. The van der Waals surface area contributed by atoms with Crippen LogP contribution >= 0.6 is 27.3 Å². The second-order valence-electron chi connectivity index (χ2n) is 3.77. The van der Waals surface area contributed by atoms with E-state index < -0.39 is 0 Å². The number of methoxy groups -OCH3 is 1. The fraction of sp³-hybridized carbons (Fsp3) is 0.231. The third-order valence-electron chi connectivity index (χ3n) is 2.63. The van der Waals surface area contributed by atoms with E-state index in [2.05, 4.69) is 21.2 Å². The summed E-state index contributed by atoms with van der Waals surface area (Å²) in [6, 6.07) is 9.95. The lowest BCUT2D eigenvalue weighted by molar-refractivity contribution is 0.416. The molecule has 96 valence electrons. The van der Waals surface area contributed by atoms with Gasteiger partial charge in [-0.3, -0.25) is 0 Å². The third kappa shape index (κ3) is 2.85. The summed E-state index contributed by atoms with van der Waals surface area (Å²) in [6.07, 6.45) is 0. The highest BCUT2D eigenvalue weighted by Gasteiger charge is 2.15. The van der Waals surface area contributed by atoms with Crippen LogP contribution < -0.4 is 15.8 Å². The van der Waals surface area contributed by atoms with Crippen molar-refractivity contribution in [3.05, 3.63) is 45.1 Å². The standard InChI is InChI=1S/C13H15BrN2OS/c1-17-12-5-3-2-4-10(12)16-11(8-15)13-9(14)6-7-18-13/h2-7,11,16H,8,15H2,1H3. The van der Waals surface area contributed by atoms with Crippen molar-refractivity contribution in [2.45, 2.75) is 6.04 Å². The van der Waals surface area contributed by atoms with Gasteiger partial charge in [0.15, 0.2) is 0 Å². The van der Waals surface area contributed by atoms with Crippen LogP contribution in [0.4, 0.5) is 5.69 Å². The van der Waals surface area contributed by atoms with Gasteiger partial charge in [-0.1, -0.05) is 12.1 Å². The highest BCUT2D eigenvalue weighted by atomic mass is 79.9. The van der Waals surface area contributed by atoms with Gasteiger partial charge in [0.25, 0.3) is 0 Å². The van der Waals surface area contributed by atoms with Crippen molar-refractivity contribution in [2.24, 2.45) is 5.73 Å². The van der Waals surface area contributed by atoms with Crippen LogP contribution in [-0.4, -0.2) is 13.7 Å². The SMILES string of the molecule is COc1ccccc1NC(CN)c1sccc1Br. The van der Waals surface area contributed by atoms with Gasteiger partial charge in [0.1, 0.15) is 5.75 Å². The largest absolute Gasteiger partial charge is 0.495 e. The maximum absolute atomic E-state index is 5.85. The van der Waals surface area contributed by atoms with Crippen LogP contribution in [0.5, 0.6) is 5.75 Å². The van der Waals surface area contributed by atoms with E-state index in [-0.39, 0.29) is 6.04 Å². The summed E-state index contributed by atoms with van der Waals surface area (Å²) in [6.45, 7) is 0.525. The number of para-hydroxylation sites is 2. The molecule has 0 saturated heterocycles. The number of halogens is 1. The van der Waals surface area contributed by atoms with Gasteiger partial charge < -0.3 is 15.8 Å². The summed E-state index contributed by atoms with van der Waals surface area (Å²) >= 11 is 5.23. The Morgan fingerprint density at radius 2 is 2.17 bits per heavy atom. The predicted octanol–water partition coefficient (Wildman–Crippen LogP) is 3.63. The van der Waals surface area contributed by atoms with Crippen molar-refractivity contribution in [3.8, 4) is 5.75 Å². The Kier molecular flexibility index (Phi) is 4.63. The number of ether oxygens (including phenoxy) is 1. The van der Waals surface area contributed by atoms with Crippen molar-refractivity contribution < 1.29 is 4.74 Å². The Balaban J connectivity index is 2.23. The monoisotopic (exact) mass is 326 g/mol. The van der Waals surface area contributed by atoms with Gasteiger partial charge in [-0.25, -0.2) is 0 Å². The summed E-state index contributed by atoms with van der Waals surface area (Å²) < 4.78 is 6.41. The molecule has 0 spiro atoms. The first-order valence-corrected chi connectivity index (χ1v) is 7.26. The molecule has 0 saturated carbocycles. The van der Waals surface area contributed by atoms with Gasteiger partial charge in [0, 0.05) is 15.9 Å². The van der Waals surface area contributed by atoms with Crippen molar-refractivity contribution in [1.29, 1.82) is 0 Å². The maximum Gasteiger partial charge on any atom is 0.141 e. The van der Waals surface area contributed by atoms with Gasteiger partial charge in [-0.2, -0.15) is 0 Å². The van der Waals surface area contributed by atoms with Crippen LogP contribution in [0.2, 0.25) is 0 Å². The Bertz CT molecular complexity index is 515. The highest BCUT2D eigenvalue weighted by Crippen LogP contribution is 2.33. The van der Waals surface area contributed by atoms with E-state index in [1.807, 2.05) is 35.7 Å². The Labute approximate surface area is 119 Å². The second-order valence-corrected chi connectivity index (χ2v) is 5.57. The Morgan fingerprint density at radius 3 is 2.78 bits per heavy atom. The molecule has 0 radical (unpaired) electrons. The van der Waals surface area contributed by atoms with Gasteiger partial charge >= 0.3 is 0 Å². The van der Waals surface area contributed by atoms with Gasteiger partial charge in [-0.05, 0) is 39.5 Å². The molecule has 0 amide bonds. The third-order valence-corrected chi connectivity index (χ3v) is 4.62. The molecule has 0 bridgehead atoms. The lowest BCUT2D eigenvalue weighted by Gasteiger charge is -2.19. The molecule has 0 aliphatic heterocycles. The van der Waals surface area contributed by atoms with E-state index >= 15 is 0 Å². The molecule has 1 aromatic heterocycles. The first-order valence-electron chi connectivity index (χ1n) is 5.58. The number of anilines is 1. The van der Waals surface area contributed by atoms with Crippen molar-refractivity contribution in [2.75, 3.05) is 19.0 Å². The average Bonchev–Trinajstić information content (AvgIpc) is 2.82. The van der Waals surface area contributed by atoms with E-state index in [4.69, 9.17) is 10.5 Å². The molecule has 2 rings (SSSR count). The summed E-state index contributed by atoms with van der Waals surface area (Å²) in [4.78, 5) is 1.20. The van der Waals surface area contributed by atoms with Crippen LogP contribution in [0.3, 0.4) is 0 Å². The van der Waals surface area contributed by atoms with Gasteiger partial charge in [-0.15, -0.1) is 11.3 Å². The minimum absolute atomic E-state index is 0.0793. The second kappa shape index (κ2) is 6.22. The molecular weight excluding hydrogens is 312 g/mol. The minimum atomic E-state index is 0.0793. The number of nitrogens with two attached hydrogens (primary N) is 1. The maximum atomic E-state index is 5.85. The number of hydrogen-bond acceptors (Lipinski definition) is 4. The normalized spacial score (nSPS) is 12.2. The first kappa shape index (κ1) is 13.4. The molecule has 3 nitrogen and oxygen atoms in total. The number of thiophene rings is 1. The fourth-order valence-corrected chi connectivity index (χ4v) is 3.45. The molecular formula is C13H15BrN2OS. The van der Waals surface area contributed by atoms with E-state index in [1.54, 1.807) is 18.4 Å². The molecule has 0 aliphatic carbocycles. The zero-order valence-corrected chi connectivity index (χ0v) is 12.4. The summed E-state index contributed by atoms with van der Waals surface area (Å²) in [5.74, 6) is 0.823. The van der Waals surface area contributed by atoms with Gasteiger partial charge in [0.2, 0.25) is 0 Å². The topological polar surface area (TPSA) is 47.3 Å². The molecule has 1 aromatic carbocycles. The number of nitrogens with one attached hydrogen (secondary N) is 1. The molecule has 1 heterocycles. The first-order chi connectivity index (χ1) is 8.76. The average molecular weight is 327 g/mol. The van der Waals surface area contributed by atoms with E-state index in [0.29, 0.717) is 6.54 Å². The molecule has 18 heavy (non-hydrogen) atoms. The fourth-order valence-electron chi connectivity index (χ4n) is 1.74. The zero-order chi connectivity index (χ0) is 13.0. The van der Waals surface area contributed by atoms with Crippen molar-refractivity contribution >= 4 is 33.0 Å². The molecule has 1 unspecified atom stereocenters. The highest BCUT2D eigenvalue weighted by molar-refractivity contribution is 9.10. The molecule has 5 heteroatoms. The van der Waals surface area contributed by atoms with Crippen LogP contribution in [0, 0.1) is 0 Å². The summed E-state index contributed by atoms with van der Waals surface area (Å²) in [7, 11) is 1.67. The molecule has 0 fully saturated rings. The number of hydrogen-bond donors (Lipinski definition) is 2. The lowest BCUT2D eigenvalue weighted by Crippen LogP contribution is -2.20. The number of rotatable bonds is 5. The Hall–Kier alpha value is -1.04. The van der Waals surface area contributed by atoms with E-state index in [9.17, 15) is 0 Å². The molecule has 3 N–H and O–H groups in total. The van der Waals surface area contributed by atoms with Crippen LogP contribution in [-0.2, 0) is 0 Å². The van der Waals surface area contributed by atoms with Crippen LogP contribution in [0.15, 0.2) is 40.2 Å². The summed E-state index contributed by atoms with van der Waals surface area (Å²) in [5.41, 5.74) is 6.81. The number of benzene rings is 1. The van der Waals surface area contributed by atoms with E-state index in [1.165, 1.54) is 4.88 Å². The lowest BCUT2D eigenvalue weighted by atomic mass is 10.2. The minimum Gasteiger partial charge on any atom is -0.495 e. The molecule has 1 atom stereocenters. The van der Waals surface area contributed by atoms with Crippen molar-refractivity contribution in [3.63, 3.8) is 0 Å². The molecule has 0 aliphatic rings. The van der Waals surface area contributed by atoms with Crippen molar-refractivity contribution in [1.82, 2.24) is 0 Å². The van der Waals surface area contributed by atoms with Gasteiger partial charge in [0.05, 0.1) is 18.8 Å². The Morgan fingerprint density at radius 1 is 1.39 bits per heavy atom. The summed E-state index contributed by atoms with van der Waals surface area (Å²) in [5, 5.41) is 5.47. The predicted molar refractivity (Wildman–Crippen MR) is 80.4 cm³/mol. The van der Waals surface area contributed by atoms with Crippen LogP contribution in [0.1, 0.15) is 10.9 Å². The van der Waals surface area contributed by atoms with E-state index in [0.717, 1.165) is 15.9 Å². The quantitative estimate of drug-likeness (QED) is 0.881. The smallest absolute Gasteiger partial charge is 0.141 e. The van der Waals surface area contributed by atoms with Crippen LogP contribution in [0.25, 0.3) is 0 Å².